The predicted octanol–water partition coefficient (Wildman–Crippen LogP) is 4.60. The van der Waals surface area contributed by atoms with Crippen LogP contribution in [-0.4, -0.2) is 30.4 Å². The first-order chi connectivity index (χ1) is 13.6. The van der Waals surface area contributed by atoms with Crippen molar-refractivity contribution in [1.82, 2.24) is 9.97 Å². The van der Waals surface area contributed by atoms with Gasteiger partial charge in [-0.25, -0.2) is 22.8 Å². The third-order valence-electron chi connectivity index (χ3n) is 4.21. The monoisotopic (exact) mass is 439 g/mol. The van der Waals surface area contributed by atoms with Crippen molar-refractivity contribution in [3.8, 4) is 0 Å². The summed E-state index contributed by atoms with van der Waals surface area (Å²) in [6.07, 6.45) is 6.35. The highest BCUT2D eigenvalue weighted by Gasteiger charge is 2.14. The molecule has 0 aliphatic rings. The summed E-state index contributed by atoms with van der Waals surface area (Å²) in [5.41, 5.74) is 1.17. The van der Waals surface area contributed by atoms with Crippen LogP contribution in [0.25, 0.3) is 0 Å². The Bertz CT molecular complexity index is 995. The number of benzene rings is 1. The maximum atomic E-state index is 13.6. The van der Waals surface area contributed by atoms with E-state index in [4.69, 9.17) is 11.6 Å². The van der Waals surface area contributed by atoms with Crippen LogP contribution in [0.2, 0.25) is 5.02 Å². The first kappa shape index (κ1) is 23.0. The van der Waals surface area contributed by atoms with Crippen LogP contribution in [0, 0.1) is 11.7 Å². The molecule has 1 aromatic heterocycles. The van der Waals surface area contributed by atoms with E-state index < -0.39 is 15.7 Å². The number of rotatable bonds is 9. The molecule has 9 heteroatoms. The molecule has 0 aliphatic carbocycles. The highest BCUT2D eigenvalue weighted by molar-refractivity contribution is 7.93. The fourth-order valence-corrected chi connectivity index (χ4v) is 3.42. The zero-order valence-electron chi connectivity index (χ0n) is 16.4. The van der Waals surface area contributed by atoms with Crippen LogP contribution in [0.1, 0.15) is 48.9 Å². The molecule has 156 valence electrons. The van der Waals surface area contributed by atoms with E-state index in [1.165, 1.54) is 18.5 Å². The largest absolute Gasteiger partial charge is 0.376 e. The summed E-state index contributed by atoms with van der Waals surface area (Å²) >= 11 is 6.00. The number of nitrogens with zero attached hydrogens (tertiary/aromatic N) is 2. The number of halogens is 2. The Hall–Kier alpha value is -2.32. The number of anilines is 1. The molecule has 2 rings (SSSR count). The predicted molar refractivity (Wildman–Crippen MR) is 112 cm³/mol. The average molecular weight is 440 g/mol. The molecule has 0 saturated heterocycles. The number of sulfone groups is 1. The SMILES string of the molecule is CC(Nc1cnc(C(=O)CC[C@H](C)/C=C/S(C)(=O)=O)nc1)c1cccc(F)c1Cl. The van der Waals surface area contributed by atoms with Crippen LogP contribution in [0.4, 0.5) is 10.1 Å². The zero-order valence-corrected chi connectivity index (χ0v) is 18.0. The summed E-state index contributed by atoms with van der Waals surface area (Å²) < 4.78 is 35.8. The Kier molecular flexibility index (Phi) is 7.87. The van der Waals surface area contributed by atoms with E-state index in [0.717, 1.165) is 11.7 Å². The summed E-state index contributed by atoms with van der Waals surface area (Å²) in [6.45, 7) is 3.66. The Morgan fingerprint density at radius 3 is 2.55 bits per heavy atom. The van der Waals surface area contributed by atoms with Crippen LogP contribution < -0.4 is 5.32 Å². The minimum absolute atomic E-state index is 0.0549. The Balaban J connectivity index is 1.94. The standard InChI is InChI=1S/C20H23ClFN3O3S/c1-13(9-10-29(3,27)28)7-8-18(26)20-23-11-15(12-24-20)25-14(2)16-5-4-6-17(22)19(16)21/h4-6,9-14,25H,7-8H2,1-3H3/b10-9+/t13-,14?/m0/s1. The lowest BCUT2D eigenvalue weighted by Crippen LogP contribution is -2.11. The first-order valence-electron chi connectivity index (χ1n) is 9.00. The summed E-state index contributed by atoms with van der Waals surface area (Å²) in [4.78, 5) is 20.4. The van der Waals surface area contributed by atoms with E-state index in [2.05, 4.69) is 15.3 Å². The van der Waals surface area contributed by atoms with Crippen molar-refractivity contribution in [2.45, 2.75) is 32.7 Å². The molecule has 29 heavy (non-hydrogen) atoms. The number of Topliss-reactive ketones (excluding diaryl/α,β-unsaturated/α-hetero) is 1. The van der Waals surface area contributed by atoms with Crippen LogP contribution in [0.15, 0.2) is 42.1 Å². The fourth-order valence-electron chi connectivity index (χ4n) is 2.57. The molecule has 2 aromatic rings. The maximum Gasteiger partial charge on any atom is 0.200 e. The Morgan fingerprint density at radius 1 is 1.28 bits per heavy atom. The minimum Gasteiger partial charge on any atom is -0.376 e. The number of hydrogen-bond acceptors (Lipinski definition) is 6. The topological polar surface area (TPSA) is 89.0 Å². The van der Waals surface area contributed by atoms with Crippen LogP contribution in [-0.2, 0) is 9.84 Å². The molecular weight excluding hydrogens is 417 g/mol. The molecule has 1 aromatic carbocycles. The van der Waals surface area contributed by atoms with Crippen LogP contribution in [0.3, 0.4) is 0 Å². The maximum absolute atomic E-state index is 13.6. The van der Waals surface area contributed by atoms with Gasteiger partial charge in [-0.1, -0.05) is 36.7 Å². The van der Waals surface area contributed by atoms with Gasteiger partial charge < -0.3 is 5.32 Å². The van der Waals surface area contributed by atoms with Gasteiger partial charge in [0.2, 0.25) is 0 Å². The molecule has 0 saturated carbocycles. The van der Waals surface area contributed by atoms with Gasteiger partial charge in [-0.15, -0.1) is 0 Å². The molecule has 1 N–H and O–H groups in total. The summed E-state index contributed by atoms with van der Waals surface area (Å²) in [7, 11) is -3.18. The minimum atomic E-state index is -3.18. The second kappa shape index (κ2) is 9.93. The highest BCUT2D eigenvalue weighted by Crippen LogP contribution is 2.27. The zero-order chi connectivity index (χ0) is 21.6. The van der Waals surface area contributed by atoms with E-state index in [-0.39, 0.29) is 35.0 Å². The lowest BCUT2D eigenvalue weighted by atomic mass is 10.0. The van der Waals surface area contributed by atoms with Crippen molar-refractivity contribution >= 4 is 32.9 Å². The molecule has 0 amide bonds. The first-order valence-corrected chi connectivity index (χ1v) is 11.3. The van der Waals surface area contributed by atoms with Crippen molar-refractivity contribution in [1.29, 1.82) is 0 Å². The summed E-state index contributed by atoms with van der Waals surface area (Å²) in [5.74, 6) is -0.689. The lowest BCUT2D eigenvalue weighted by molar-refractivity contribution is 0.0966. The number of nitrogens with one attached hydrogen (secondary N) is 1. The van der Waals surface area contributed by atoms with Crippen LogP contribution in [0.5, 0.6) is 0 Å². The van der Waals surface area contributed by atoms with Gasteiger partial charge in [0.1, 0.15) is 5.82 Å². The van der Waals surface area contributed by atoms with Gasteiger partial charge in [0.15, 0.2) is 21.4 Å². The molecular formula is C20H23ClFN3O3S. The molecule has 1 unspecified atom stereocenters. The molecule has 0 radical (unpaired) electrons. The molecule has 2 atom stereocenters. The van der Waals surface area contributed by atoms with Gasteiger partial charge in [-0.05, 0) is 30.9 Å². The van der Waals surface area contributed by atoms with E-state index in [9.17, 15) is 17.6 Å². The van der Waals surface area contributed by atoms with Crippen LogP contribution >= 0.6 is 11.6 Å². The molecule has 0 fully saturated rings. The Morgan fingerprint density at radius 2 is 1.93 bits per heavy atom. The third-order valence-corrected chi connectivity index (χ3v) is 5.26. The van der Waals surface area contributed by atoms with Crippen molar-refractivity contribution in [3.05, 3.63) is 64.3 Å². The number of carbonyl (C=O) groups is 1. The Labute approximate surface area is 175 Å². The number of ketones is 1. The summed E-state index contributed by atoms with van der Waals surface area (Å²) in [6, 6.07) is 4.31. The molecule has 0 bridgehead atoms. The molecule has 1 heterocycles. The van der Waals surface area contributed by atoms with Crippen molar-refractivity contribution < 1.29 is 17.6 Å². The molecule has 0 aliphatic heterocycles. The normalized spacial score (nSPS) is 14.0. The fraction of sp³-hybridized carbons (Fsp3) is 0.350. The van der Waals surface area contributed by atoms with E-state index in [1.807, 2.05) is 13.8 Å². The number of carbonyl (C=O) groups excluding carboxylic acids is 1. The highest BCUT2D eigenvalue weighted by atomic mass is 35.5. The number of aromatic nitrogens is 2. The molecule has 6 nitrogen and oxygen atoms in total. The molecule has 0 spiro atoms. The van der Waals surface area contributed by atoms with E-state index in [0.29, 0.717) is 17.7 Å². The lowest BCUT2D eigenvalue weighted by Gasteiger charge is -2.17. The smallest absolute Gasteiger partial charge is 0.200 e. The van der Waals surface area contributed by atoms with E-state index >= 15 is 0 Å². The summed E-state index contributed by atoms with van der Waals surface area (Å²) in [5, 5.41) is 4.32. The van der Waals surface area contributed by atoms with Gasteiger partial charge >= 0.3 is 0 Å². The van der Waals surface area contributed by atoms with Crippen molar-refractivity contribution in [2.24, 2.45) is 5.92 Å². The number of allylic oxidation sites excluding steroid dienone is 1. The van der Waals surface area contributed by atoms with Crippen molar-refractivity contribution in [2.75, 3.05) is 11.6 Å². The van der Waals surface area contributed by atoms with Crippen molar-refractivity contribution in [3.63, 3.8) is 0 Å². The second-order valence-electron chi connectivity index (χ2n) is 6.90. The van der Waals surface area contributed by atoms with Gasteiger partial charge in [-0.2, -0.15) is 0 Å². The van der Waals surface area contributed by atoms with Gasteiger partial charge in [0, 0.05) is 18.1 Å². The average Bonchev–Trinajstić information content (AvgIpc) is 2.66. The van der Waals surface area contributed by atoms with Gasteiger partial charge in [0.25, 0.3) is 0 Å². The van der Waals surface area contributed by atoms with E-state index in [1.54, 1.807) is 18.2 Å². The number of hydrogen-bond donors (Lipinski definition) is 1. The second-order valence-corrected chi connectivity index (χ2v) is 9.21. The van der Waals surface area contributed by atoms with Gasteiger partial charge in [-0.3, -0.25) is 4.79 Å². The van der Waals surface area contributed by atoms with Gasteiger partial charge in [0.05, 0.1) is 29.1 Å². The quantitative estimate of drug-likeness (QED) is 0.574. The third kappa shape index (κ3) is 7.21.